The largest absolute Gasteiger partial charge is 0.472 e. The van der Waals surface area contributed by atoms with Gasteiger partial charge >= 0.3 is 19.8 Å². The summed E-state index contributed by atoms with van der Waals surface area (Å²) in [7, 11) is -5.11. The molecule has 0 saturated heterocycles. The van der Waals surface area contributed by atoms with Gasteiger partial charge in [0, 0.05) is 12.8 Å². The molecule has 0 heterocycles. The summed E-state index contributed by atoms with van der Waals surface area (Å²) in [6.45, 7) is 3.25. The van der Waals surface area contributed by atoms with E-state index in [0.29, 0.717) is 12.8 Å². The van der Waals surface area contributed by atoms with Crippen molar-refractivity contribution in [2.75, 3.05) is 13.2 Å². The van der Waals surface area contributed by atoms with Crippen LogP contribution in [0, 0.1) is 0 Å². The van der Waals surface area contributed by atoms with Crippen LogP contribution < -0.4 is 0 Å². The number of phosphoric acid groups is 1. The lowest BCUT2D eigenvalue weighted by Gasteiger charge is -2.41. The standard InChI is InChI=1S/C42H79O13P/c1-3-5-7-9-11-13-15-16-17-18-19-21-22-24-26-28-30-35(43)52-32-34(54-36(44)31-29-27-25-23-20-14-12-10-8-6-4-2)33-53-56(50,51)55-42-40(48)38(46)37(45)39(47)41(42)49/h10,12,34,37-42,45-49H,3-9,11,13-33H2,1-2H3,(H,50,51)/b12-10-/t34-,37?,38-,39?,40?,41?,42?/m1/s1. The maximum Gasteiger partial charge on any atom is 0.472 e. The molecule has 6 N–H and O–H groups in total. The molecule has 1 saturated carbocycles. The van der Waals surface area contributed by atoms with E-state index in [-0.39, 0.29) is 12.8 Å². The lowest BCUT2D eigenvalue weighted by molar-refractivity contribution is -0.220. The summed E-state index contributed by atoms with van der Waals surface area (Å²) in [5, 5.41) is 50.0. The van der Waals surface area contributed by atoms with Gasteiger partial charge < -0.3 is 39.9 Å². The second kappa shape index (κ2) is 33.4. The quantitative estimate of drug-likeness (QED) is 0.0154. The SMILES string of the molecule is CCCC/C=C\CCCCCCCC(=O)O[C@H](COC(=O)CCCCCCCCCCCCCCCCCC)COP(=O)(O)OC1C(O)C(O)C(O)[C@@H](O)C1O. The Bertz CT molecular complexity index is 1040. The zero-order chi connectivity index (χ0) is 41.4. The highest BCUT2D eigenvalue weighted by molar-refractivity contribution is 7.47. The molecule has 14 heteroatoms. The molecule has 1 aliphatic carbocycles. The van der Waals surface area contributed by atoms with Crippen LogP contribution in [0.25, 0.3) is 0 Å². The van der Waals surface area contributed by atoms with Gasteiger partial charge in [0.05, 0.1) is 6.61 Å². The zero-order valence-electron chi connectivity index (χ0n) is 34.7. The molecule has 1 rings (SSSR count). The molecular weight excluding hydrogens is 743 g/mol. The minimum Gasteiger partial charge on any atom is -0.462 e. The maximum absolute atomic E-state index is 12.8. The molecule has 0 aromatic heterocycles. The molecule has 0 radical (unpaired) electrons. The van der Waals surface area contributed by atoms with E-state index in [9.17, 15) is 44.6 Å². The van der Waals surface area contributed by atoms with Crippen molar-refractivity contribution >= 4 is 19.8 Å². The first-order valence-electron chi connectivity index (χ1n) is 22.0. The fourth-order valence-electron chi connectivity index (χ4n) is 6.74. The third-order valence-electron chi connectivity index (χ3n) is 10.4. The van der Waals surface area contributed by atoms with Crippen molar-refractivity contribution in [3.8, 4) is 0 Å². The molecule has 0 aliphatic heterocycles. The first-order valence-corrected chi connectivity index (χ1v) is 23.5. The molecule has 56 heavy (non-hydrogen) atoms. The van der Waals surface area contributed by atoms with Crippen LogP contribution in [0.5, 0.6) is 0 Å². The Morgan fingerprint density at radius 3 is 1.41 bits per heavy atom. The van der Waals surface area contributed by atoms with E-state index in [0.717, 1.165) is 57.8 Å². The minimum absolute atomic E-state index is 0.0897. The van der Waals surface area contributed by atoms with E-state index >= 15 is 0 Å². The summed E-state index contributed by atoms with van der Waals surface area (Å²) in [4.78, 5) is 35.6. The smallest absolute Gasteiger partial charge is 0.462 e. The molecule has 8 atom stereocenters. The van der Waals surface area contributed by atoms with Gasteiger partial charge in [0.1, 0.15) is 43.2 Å². The van der Waals surface area contributed by atoms with Gasteiger partial charge in [0.15, 0.2) is 6.10 Å². The van der Waals surface area contributed by atoms with E-state index in [1.54, 1.807) is 0 Å². The van der Waals surface area contributed by atoms with Gasteiger partial charge in [-0.05, 0) is 32.1 Å². The van der Waals surface area contributed by atoms with E-state index in [1.165, 1.54) is 89.9 Å². The molecular formula is C42H79O13P. The van der Waals surface area contributed by atoms with Gasteiger partial charge in [-0.3, -0.25) is 18.6 Å². The van der Waals surface area contributed by atoms with Crippen molar-refractivity contribution < 1.29 is 63.1 Å². The summed E-state index contributed by atoms with van der Waals surface area (Å²) in [5.41, 5.74) is 0. The molecule has 1 fully saturated rings. The van der Waals surface area contributed by atoms with E-state index in [4.69, 9.17) is 18.5 Å². The molecule has 330 valence electrons. The van der Waals surface area contributed by atoms with Crippen LogP contribution in [0.4, 0.5) is 0 Å². The molecule has 0 spiro atoms. The highest BCUT2D eigenvalue weighted by atomic mass is 31.2. The van der Waals surface area contributed by atoms with Crippen LogP contribution in [0.2, 0.25) is 0 Å². The van der Waals surface area contributed by atoms with Crippen molar-refractivity contribution in [2.45, 2.75) is 230 Å². The molecule has 0 bridgehead atoms. The fourth-order valence-corrected chi connectivity index (χ4v) is 7.71. The molecule has 1 aliphatic rings. The van der Waals surface area contributed by atoms with Crippen LogP contribution >= 0.6 is 7.82 Å². The van der Waals surface area contributed by atoms with Crippen molar-refractivity contribution in [1.82, 2.24) is 0 Å². The lowest BCUT2D eigenvalue weighted by atomic mass is 9.85. The maximum atomic E-state index is 12.8. The Morgan fingerprint density at radius 2 is 0.929 bits per heavy atom. The summed E-state index contributed by atoms with van der Waals surface area (Å²) in [6.07, 6.45) is 19.9. The number of hydrogen-bond donors (Lipinski definition) is 6. The Balaban J connectivity index is 2.46. The Kier molecular flexibility index (Phi) is 31.4. The van der Waals surface area contributed by atoms with Gasteiger partial charge in [-0.2, -0.15) is 0 Å². The number of carbonyl (C=O) groups excluding carboxylic acids is 2. The predicted octanol–water partition coefficient (Wildman–Crippen LogP) is 7.89. The third kappa shape index (κ3) is 25.8. The normalized spacial score (nSPS) is 22.9. The highest BCUT2D eigenvalue weighted by Gasteiger charge is 2.51. The van der Waals surface area contributed by atoms with E-state index < -0.39 is 75.7 Å². The van der Waals surface area contributed by atoms with Crippen LogP contribution in [0.1, 0.15) is 187 Å². The fraction of sp³-hybridized carbons (Fsp3) is 0.905. The van der Waals surface area contributed by atoms with Crippen LogP contribution in [0.3, 0.4) is 0 Å². The average Bonchev–Trinajstić information content (AvgIpc) is 3.18. The second-order valence-electron chi connectivity index (χ2n) is 15.6. The van der Waals surface area contributed by atoms with E-state index in [2.05, 4.69) is 26.0 Å². The summed E-state index contributed by atoms with van der Waals surface area (Å²) >= 11 is 0. The van der Waals surface area contributed by atoms with Gasteiger partial charge in [0.25, 0.3) is 0 Å². The molecule has 0 amide bonds. The number of rotatable bonds is 36. The number of carbonyl (C=O) groups is 2. The molecule has 0 aromatic rings. The average molecular weight is 823 g/mol. The number of aliphatic hydroxyl groups excluding tert-OH is 5. The van der Waals surface area contributed by atoms with Crippen molar-refractivity contribution in [2.24, 2.45) is 0 Å². The number of hydrogen-bond acceptors (Lipinski definition) is 12. The first kappa shape index (κ1) is 52.6. The van der Waals surface area contributed by atoms with Crippen molar-refractivity contribution in [3.63, 3.8) is 0 Å². The topological polar surface area (TPSA) is 210 Å². The van der Waals surface area contributed by atoms with Gasteiger partial charge in [-0.15, -0.1) is 0 Å². The number of aliphatic hydroxyl groups is 5. The highest BCUT2D eigenvalue weighted by Crippen LogP contribution is 2.47. The van der Waals surface area contributed by atoms with Gasteiger partial charge in [0.2, 0.25) is 0 Å². The van der Waals surface area contributed by atoms with Crippen LogP contribution in [-0.2, 0) is 32.7 Å². The summed E-state index contributed by atoms with van der Waals surface area (Å²) in [5.74, 6) is -1.10. The number of esters is 2. The number of unbranched alkanes of at least 4 members (excludes halogenated alkanes) is 22. The third-order valence-corrected chi connectivity index (χ3v) is 11.3. The molecule has 6 unspecified atom stereocenters. The molecule has 0 aromatic carbocycles. The first-order chi connectivity index (χ1) is 26.9. The van der Waals surface area contributed by atoms with Crippen LogP contribution in [0.15, 0.2) is 12.2 Å². The van der Waals surface area contributed by atoms with Crippen molar-refractivity contribution in [1.29, 1.82) is 0 Å². The number of ether oxygens (including phenoxy) is 2. The zero-order valence-corrected chi connectivity index (χ0v) is 35.6. The molecule has 13 nitrogen and oxygen atoms in total. The summed E-state index contributed by atoms with van der Waals surface area (Å²) in [6, 6.07) is 0. The van der Waals surface area contributed by atoms with E-state index in [1.807, 2.05) is 0 Å². The second-order valence-corrected chi connectivity index (χ2v) is 17.0. The van der Waals surface area contributed by atoms with Gasteiger partial charge in [-0.25, -0.2) is 4.57 Å². The predicted molar refractivity (Wildman–Crippen MR) is 217 cm³/mol. The number of phosphoric ester groups is 1. The Morgan fingerprint density at radius 1 is 0.536 bits per heavy atom. The minimum atomic E-state index is -5.11. The summed E-state index contributed by atoms with van der Waals surface area (Å²) < 4.78 is 33.4. The Hall–Kier alpha value is -1.41. The Labute approximate surface area is 337 Å². The lowest BCUT2D eigenvalue weighted by Crippen LogP contribution is -2.64. The van der Waals surface area contributed by atoms with Gasteiger partial charge in [-0.1, -0.05) is 154 Å². The van der Waals surface area contributed by atoms with Crippen LogP contribution in [-0.4, -0.2) is 98.3 Å². The number of allylic oxidation sites excluding steroid dienone is 2. The monoisotopic (exact) mass is 823 g/mol. The van der Waals surface area contributed by atoms with Crippen molar-refractivity contribution in [3.05, 3.63) is 12.2 Å².